The number of alkyl halides is 3. The number of amides is 1. The van der Waals surface area contributed by atoms with Gasteiger partial charge in [-0.15, -0.1) is 0 Å². The van der Waals surface area contributed by atoms with E-state index in [9.17, 15) is 18.0 Å². The topological polar surface area (TPSA) is 55.1 Å². The van der Waals surface area contributed by atoms with Crippen molar-refractivity contribution < 1.29 is 18.0 Å². The molecule has 1 fully saturated rings. The van der Waals surface area contributed by atoms with E-state index in [-0.39, 0.29) is 18.7 Å². The number of nitrogens with one attached hydrogen (secondary N) is 1. The van der Waals surface area contributed by atoms with Crippen molar-refractivity contribution in [3.05, 3.63) is 0 Å². The summed E-state index contributed by atoms with van der Waals surface area (Å²) in [5.74, 6) is -2.01. The zero-order valence-electron chi connectivity index (χ0n) is 11.1. The van der Waals surface area contributed by atoms with E-state index in [4.69, 9.17) is 5.73 Å². The first-order valence-electron chi connectivity index (χ1n) is 6.99. The normalized spacial score (nSPS) is 24.2. The van der Waals surface area contributed by atoms with E-state index in [2.05, 4.69) is 5.32 Å². The molecule has 0 aliphatic heterocycles. The fourth-order valence-corrected chi connectivity index (χ4v) is 2.53. The Morgan fingerprint density at radius 3 is 2.58 bits per heavy atom. The Balaban J connectivity index is 2.28. The predicted molar refractivity (Wildman–Crippen MR) is 67.4 cm³/mol. The van der Waals surface area contributed by atoms with Crippen molar-refractivity contribution in [2.75, 3.05) is 13.1 Å². The molecule has 0 aromatic heterocycles. The molecule has 0 heterocycles. The average Bonchev–Trinajstić information content (AvgIpc) is 2.37. The molecule has 0 aromatic rings. The number of rotatable bonds is 6. The van der Waals surface area contributed by atoms with E-state index in [0.717, 1.165) is 19.3 Å². The fourth-order valence-electron chi connectivity index (χ4n) is 2.53. The van der Waals surface area contributed by atoms with Crippen LogP contribution in [0.5, 0.6) is 0 Å². The zero-order chi connectivity index (χ0) is 14.3. The van der Waals surface area contributed by atoms with Crippen molar-refractivity contribution in [2.24, 2.45) is 17.6 Å². The Kier molecular flexibility index (Phi) is 6.62. The molecular formula is C13H23F3N2O. The molecule has 0 saturated heterocycles. The first kappa shape index (κ1) is 16.3. The number of carbonyl (C=O) groups is 1. The molecule has 2 atom stereocenters. The molecular weight excluding hydrogens is 257 g/mol. The second kappa shape index (κ2) is 7.72. The van der Waals surface area contributed by atoms with Crippen molar-refractivity contribution >= 4 is 5.91 Å². The van der Waals surface area contributed by atoms with E-state index >= 15 is 0 Å². The molecule has 1 saturated carbocycles. The third-order valence-corrected chi connectivity index (χ3v) is 3.69. The molecule has 19 heavy (non-hydrogen) atoms. The highest BCUT2D eigenvalue weighted by molar-refractivity contribution is 5.78. The van der Waals surface area contributed by atoms with Crippen LogP contribution in [0.15, 0.2) is 0 Å². The summed E-state index contributed by atoms with van der Waals surface area (Å²) in [6.45, 7) is 1.16. The van der Waals surface area contributed by atoms with Gasteiger partial charge < -0.3 is 11.1 Å². The third-order valence-electron chi connectivity index (χ3n) is 3.69. The minimum atomic E-state index is -4.17. The molecule has 0 spiro atoms. The zero-order valence-corrected chi connectivity index (χ0v) is 11.1. The van der Waals surface area contributed by atoms with Crippen molar-refractivity contribution in [3.8, 4) is 0 Å². The van der Waals surface area contributed by atoms with E-state index in [1.165, 1.54) is 0 Å². The van der Waals surface area contributed by atoms with Crippen molar-refractivity contribution in [1.82, 2.24) is 5.32 Å². The summed E-state index contributed by atoms with van der Waals surface area (Å²) < 4.78 is 37.9. The summed E-state index contributed by atoms with van der Waals surface area (Å²) in [6, 6.07) is 0. The van der Waals surface area contributed by atoms with Gasteiger partial charge in [0, 0.05) is 12.5 Å². The summed E-state index contributed by atoms with van der Waals surface area (Å²) in [5.41, 5.74) is 5.35. The number of halogens is 3. The van der Waals surface area contributed by atoms with Crippen molar-refractivity contribution in [1.29, 1.82) is 0 Å². The number of hydrogen-bond donors (Lipinski definition) is 2. The largest absolute Gasteiger partial charge is 0.391 e. The minimum absolute atomic E-state index is 0.0574. The molecule has 0 aromatic carbocycles. The molecule has 1 aliphatic rings. The molecule has 2 unspecified atom stereocenters. The minimum Gasteiger partial charge on any atom is -0.356 e. The Hall–Kier alpha value is -0.780. The maximum Gasteiger partial charge on any atom is 0.391 e. The highest BCUT2D eigenvalue weighted by Crippen LogP contribution is 2.39. The lowest BCUT2D eigenvalue weighted by Gasteiger charge is -2.29. The Morgan fingerprint density at radius 2 is 1.95 bits per heavy atom. The summed E-state index contributed by atoms with van der Waals surface area (Å²) >= 11 is 0. The number of hydrogen-bond acceptors (Lipinski definition) is 2. The third kappa shape index (κ3) is 5.80. The van der Waals surface area contributed by atoms with Gasteiger partial charge >= 0.3 is 6.18 Å². The molecule has 112 valence electrons. The van der Waals surface area contributed by atoms with Crippen LogP contribution < -0.4 is 11.1 Å². The molecule has 1 amide bonds. The SMILES string of the molecule is NCCCCCNC(=O)C1CCCC(C(F)(F)F)C1. The van der Waals surface area contributed by atoms with Crippen LogP contribution >= 0.6 is 0 Å². The quantitative estimate of drug-likeness (QED) is 0.735. The van der Waals surface area contributed by atoms with Gasteiger partial charge in [-0.25, -0.2) is 0 Å². The molecule has 1 rings (SSSR count). The summed E-state index contributed by atoms with van der Waals surface area (Å²) in [6.07, 6.45) is -0.334. The Bertz CT molecular complexity index is 282. The number of carbonyl (C=O) groups excluding carboxylic acids is 1. The molecule has 3 N–H and O–H groups in total. The lowest BCUT2D eigenvalue weighted by molar-refractivity contribution is -0.186. The Morgan fingerprint density at radius 1 is 1.21 bits per heavy atom. The highest BCUT2D eigenvalue weighted by Gasteiger charge is 2.43. The van der Waals surface area contributed by atoms with Crippen LogP contribution in [0.1, 0.15) is 44.9 Å². The van der Waals surface area contributed by atoms with Crippen LogP contribution in [-0.2, 0) is 4.79 Å². The van der Waals surface area contributed by atoms with Crippen LogP contribution in [0.2, 0.25) is 0 Å². The van der Waals surface area contributed by atoms with Gasteiger partial charge in [-0.1, -0.05) is 12.8 Å². The lowest BCUT2D eigenvalue weighted by Crippen LogP contribution is -2.37. The van der Waals surface area contributed by atoms with Crippen LogP contribution in [-0.4, -0.2) is 25.2 Å². The average molecular weight is 280 g/mol. The number of nitrogens with two attached hydrogens (primary N) is 1. The van der Waals surface area contributed by atoms with Crippen molar-refractivity contribution in [3.63, 3.8) is 0 Å². The molecule has 0 radical (unpaired) electrons. The van der Waals surface area contributed by atoms with E-state index in [0.29, 0.717) is 25.9 Å². The van der Waals surface area contributed by atoms with Gasteiger partial charge in [0.1, 0.15) is 0 Å². The summed E-state index contributed by atoms with van der Waals surface area (Å²) in [7, 11) is 0. The van der Waals surface area contributed by atoms with E-state index < -0.39 is 18.0 Å². The van der Waals surface area contributed by atoms with Gasteiger partial charge in [0.2, 0.25) is 5.91 Å². The maximum atomic E-state index is 12.6. The van der Waals surface area contributed by atoms with Gasteiger partial charge in [0.15, 0.2) is 0 Å². The summed E-state index contributed by atoms with van der Waals surface area (Å²) in [4.78, 5) is 11.8. The first-order valence-corrected chi connectivity index (χ1v) is 6.99. The second-order valence-electron chi connectivity index (χ2n) is 5.24. The van der Waals surface area contributed by atoms with Gasteiger partial charge in [-0.05, 0) is 38.6 Å². The van der Waals surface area contributed by atoms with Gasteiger partial charge in [-0.2, -0.15) is 13.2 Å². The Labute approximate surface area is 112 Å². The smallest absolute Gasteiger partial charge is 0.356 e. The van der Waals surface area contributed by atoms with Crippen LogP contribution in [0, 0.1) is 11.8 Å². The molecule has 0 bridgehead atoms. The number of unbranched alkanes of at least 4 members (excludes halogenated alkanes) is 2. The maximum absolute atomic E-state index is 12.6. The second-order valence-corrected chi connectivity index (χ2v) is 5.24. The summed E-state index contributed by atoms with van der Waals surface area (Å²) in [5, 5.41) is 2.74. The predicted octanol–water partition coefficient (Wildman–Crippen LogP) is 2.60. The van der Waals surface area contributed by atoms with Gasteiger partial charge in [0.25, 0.3) is 0 Å². The van der Waals surface area contributed by atoms with Crippen LogP contribution in [0.3, 0.4) is 0 Å². The molecule has 1 aliphatic carbocycles. The lowest BCUT2D eigenvalue weighted by atomic mass is 9.80. The van der Waals surface area contributed by atoms with E-state index in [1.54, 1.807) is 0 Å². The van der Waals surface area contributed by atoms with Crippen LogP contribution in [0.25, 0.3) is 0 Å². The molecule has 3 nitrogen and oxygen atoms in total. The highest BCUT2D eigenvalue weighted by atomic mass is 19.4. The first-order chi connectivity index (χ1) is 8.95. The standard InChI is InChI=1S/C13H23F3N2O/c14-13(15,16)11-6-4-5-10(9-11)12(19)18-8-3-1-2-7-17/h10-11H,1-9,17H2,(H,18,19). The van der Waals surface area contributed by atoms with Crippen LogP contribution in [0.4, 0.5) is 13.2 Å². The fraction of sp³-hybridized carbons (Fsp3) is 0.923. The van der Waals surface area contributed by atoms with E-state index in [1.807, 2.05) is 0 Å². The van der Waals surface area contributed by atoms with Gasteiger partial charge in [0.05, 0.1) is 5.92 Å². The van der Waals surface area contributed by atoms with Crippen molar-refractivity contribution in [2.45, 2.75) is 51.1 Å². The monoisotopic (exact) mass is 280 g/mol. The van der Waals surface area contributed by atoms with Gasteiger partial charge in [-0.3, -0.25) is 4.79 Å². The molecule has 6 heteroatoms.